The Morgan fingerprint density at radius 1 is 1.30 bits per heavy atom. The van der Waals surface area contributed by atoms with Crippen LogP contribution in [0.3, 0.4) is 0 Å². The lowest BCUT2D eigenvalue weighted by atomic mass is 9.74. The lowest BCUT2D eigenvalue weighted by Crippen LogP contribution is -2.45. The fourth-order valence-electron chi connectivity index (χ4n) is 2.93. The van der Waals surface area contributed by atoms with Gasteiger partial charge < -0.3 is 5.32 Å². The highest BCUT2D eigenvalue weighted by Crippen LogP contribution is 2.38. The van der Waals surface area contributed by atoms with Crippen LogP contribution in [0.15, 0.2) is 24.3 Å². The van der Waals surface area contributed by atoms with Gasteiger partial charge in [-0.2, -0.15) is 0 Å². The molecule has 3 nitrogen and oxygen atoms in total. The fourth-order valence-corrected chi connectivity index (χ4v) is 3.71. The Kier molecular flexibility index (Phi) is 4.86. The zero-order chi connectivity index (χ0) is 14.8. The van der Waals surface area contributed by atoms with Crippen LogP contribution in [0.4, 0.5) is 0 Å². The summed E-state index contributed by atoms with van der Waals surface area (Å²) in [5.74, 6) is 0.936. The third kappa shape index (κ3) is 4.32. The largest absolute Gasteiger partial charge is 0.311 e. The van der Waals surface area contributed by atoms with E-state index in [-0.39, 0.29) is 11.8 Å². The fraction of sp³-hybridized carbons (Fsp3) is 0.625. The Bertz CT molecular complexity index is 547. The van der Waals surface area contributed by atoms with Crippen molar-refractivity contribution >= 4 is 9.84 Å². The van der Waals surface area contributed by atoms with Crippen LogP contribution in [-0.4, -0.2) is 32.5 Å². The first kappa shape index (κ1) is 15.5. The zero-order valence-corrected chi connectivity index (χ0v) is 13.4. The topological polar surface area (TPSA) is 46.2 Å². The standard InChI is InChI=1S/C16H25NO2S/c1-12-6-4-5-7-16(12)14-10-15(11-14)17-13(2)8-9-20(3,18)19/h4-7,13-15,17H,8-11H2,1-3H3/t13-,14?,15?/m1/s1. The highest BCUT2D eigenvalue weighted by atomic mass is 32.2. The maximum absolute atomic E-state index is 11.2. The average molecular weight is 295 g/mol. The number of benzene rings is 1. The van der Waals surface area contributed by atoms with Gasteiger partial charge in [-0.25, -0.2) is 8.42 Å². The highest BCUT2D eigenvalue weighted by molar-refractivity contribution is 7.90. The van der Waals surface area contributed by atoms with Crippen LogP contribution in [0.5, 0.6) is 0 Å². The first-order valence-corrected chi connectivity index (χ1v) is 9.40. The van der Waals surface area contributed by atoms with Gasteiger partial charge in [0.25, 0.3) is 0 Å². The lowest BCUT2D eigenvalue weighted by molar-refractivity contribution is 0.267. The number of rotatable bonds is 6. The number of aryl methyl sites for hydroxylation is 1. The molecular weight excluding hydrogens is 270 g/mol. The predicted octanol–water partition coefficient (Wildman–Crippen LogP) is 2.65. The smallest absolute Gasteiger partial charge is 0.147 e. The van der Waals surface area contributed by atoms with E-state index in [1.807, 2.05) is 0 Å². The molecule has 20 heavy (non-hydrogen) atoms. The third-order valence-electron chi connectivity index (χ3n) is 4.21. The van der Waals surface area contributed by atoms with Crippen LogP contribution in [0.1, 0.15) is 43.2 Å². The lowest BCUT2D eigenvalue weighted by Gasteiger charge is -2.38. The van der Waals surface area contributed by atoms with E-state index in [1.54, 1.807) is 0 Å². The van der Waals surface area contributed by atoms with Gasteiger partial charge in [0.2, 0.25) is 0 Å². The van der Waals surface area contributed by atoms with Crippen molar-refractivity contribution in [2.45, 2.75) is 51.1 Å². The summed E-state index contributed by atoms with van der Waals surface area (Å²) in [6.45, 7) is 4.25. The van der Waals surface area contributed by atoms with Gasteiger partial charge in [0, 0.05) is 18.3 Å². The summed E-state index contributed by atoms with van der Waals surface area (Å²) in [5, 5.41) is 3.54. The van der Waals surface area contributed by atoms with E-state index in [4.69, 9.17) is 0 Å². The van der Waals surface area contributed by atoms with Gasteiger partial charge in [0.15, 0.2) is 0 Å². The molecule has 1 atom stereocenters. The van der Waals surface area contributed by atoms with E-state index in [0.29, 0.717) is 18.4 Å². The number of nitrogens with one attached hydrogen (secondary N) is 1. The quantitative estimate of drug-likeness (QED) is 0.877. The van der Waals surface area contributed by atoms with Gasteiger partial charge >= 0.3 is 0 Å². The molecule has 112 valence electrons. The van der Waals surface area contributed by atoms with Crippen LogP contribution < -0.4 is 5.32 Å². The van der Waals surface area contributed by atoms with Crippen LogP contribution in [0.2, 0.25) is 0 Å². The van der Waals surface area contributed by atoms with Crippen molar-refractivity contribution in [1.82, 2.24) is 5.32 Å². The molecule has 0 unspecified atom stereocenters. The molecule has 0 spiro atoms. The molecule has 1 aromatic carbocycles. The maximum atomic E-state index is 11.2. The zero-order valence-electron chi connectivity index (χ0n) is 12.6. The third-order valence-corrected chi connectivity index (χ3v) is 5.19. The van der Waals surface area contributed by atoms with E-state index in [1.165, 1.54) is 17.4 Å². The van der Waals surface area contributed by atoms with E-state index in [2.05, 4.69) is 43.4 Å². The van der Waals surface area contributed by atoms with Gasteiger partial charge in [-0.05, 0) is 50.2 Å². The van der Waals surface area contributed by atoms with Gasteiger partial charge in [-0.3, -0.25) is 0 Å². The summed E-state index contributed by atoms with van der Waals surface area (Å²) in [6.07, 6.45) is 4.32. The molecule has 4 heteroatoms. The van der Waals surface area contributed by atoms with Crippen LogP contribution >= 0.6 is 0 Å². The number of hydrogen-bond donors (Lipinski definition) is 1. The molecule has 1 fully saturated rings. The van der Waals surface area contributed by atoms with Crippen molar-refractivity contribution in [3.63, 3.8) is 0 Å². The summed E-state index contributed by atoms with van der Waals surface area (Å²) >= 11 is 0. The van der Waals surface area contributed by atoms with Crippen LogP contribution in [0.25, 0.3) is 0 Å². The summed E-state index contributed by atoms with van der Waals surface area (Å²) < 4.78 is 22.3. The molecule has 0 aromatic heterocycles. The Morgan fingerprint density at radius 3 is 2.55 bits per heavy atom. The molecule has 0 radical (unpaired) electrons. The summed E-state index contributed by atoms with van der Waals surface area (Å²) in [7, 11) is -2.84. The Labute approximate surface area is 122 Å². The minimum atomic E-state index is -2.84. The molecule has 0 heterocycles. The molecule has 0 aliphatic heterocycles. The maximum Gasteiger partial charge on any atom is 0.147 e. The number of sulfone groups is 1. The predicted molar refractivity (Wildman–Crippen MR) is 83.9 cm³/mol. The van der Waals surface area contributed by atoms with E-state index < -0.39 is 9.84 Å². The SMILES string of the molecule is Cc1ccccc1C1CC(N[C@H](C)CCS(C)(=O)=O)C1. The minimum Gasteiger partial charge on any atom is -0.311 e. The second-order valence-electron chi connectivity index (χ2n) is 6.21. The number of hydrogen-bond acceptors (Lipinski definition) is 3. The first-order valence-electron chi connectivity index (χ1n) is 7.34. The molecule has 1 aliphatic rings. The summed E-state index contributed by atoms with van der Waals surface area (Å²) in [5.41, 5.74) is 2.84. The second kappa shape index (κ2) is 6.27. The minimum absolute atomic E-state index is 0.271. The monoisotopic (exact) mass is 295 g/mol. The Hall–Kier alpha value is -0.870. The van der Waals surface area contributed by atoms with Crippen molar-refractivity contribution in [1.29, 1.82) is 0 Å². The summed E-state index contributed by atoms with van der Waals surface area (Å²) in [4.78, 5) is 0. The molecule has 1 aliphatic carbocycles. The Balaban J connectivity index is 1.75. The molecule has 0 saturated heterocycles. The van der Waals surface area contributed by atoms with Gasteiger partial charge in [0.05, 0.1) is 5.75 Å². The van der Waals surface area contributed by atoms with Crippen molar-refractivity contribution in [2.24, 2.45) is 0 Å². The molecular formula is C16H25NO2S. The van der Waals surface area contributed by atoms with Crippen molar-refractivity contribution < 1.29 is 8.42 Å². The average Bonchev–Trinajstić information content (AvgIpc) is 2.31. The Morgan fingerprint density at radius 2 is 1.95 bits per heavy atom. The second-order valence-corrected chi connectivity index (χ2v) is 8.47. The molecule has 2 rings (SSSR count). The molecule has 0 bridgehead atoms. The van der Waals surface area contributed by atoms with Crippen molar-refractivity contribution in [3.8, 4) is 0 Å². The first-order chi connectivity index (χ1) is 9.35. The van der Waals surface area contributed by atoms with E-state index >= 15 is 0 Å². The van der Waals surface area contributed by atoms with Gasteiger partial charge in [-0.1, -0.05) is 24.3 Å². The highest BCUT2D eigenvalue weighted by Gasteiger charge is 2.31. The van der Waals surface area contributed by atoms with Crippen molar-refractivity contribution in [2.75, 3.05) is 12.0 Å². The molecule has 1 saturated carbocycles. The van der Waals surface area contributed by atoms with Crippen molar-refractivity contribution in [3.05, 3.63) is 35.4 Å². The van der Waals surface area contributed by atoms with Gasteiger partial charge in [-0.15, -0.1) is 0 Å². The summed E-state index contributed by atoms with van der Waals surface area (Å²) in [6, 6.07) is 9.40. The van der Waals surface area contributed by atoms with Gasteiger partial charge in [0.1, 0.15) is 9.84 Å². The molecule has 1 N–H and O–H groups in total. The van der Waals surface area contributed by atoms with E-state index in [9.17, 15) is 8.42 Å². The van der Waals surface area contributed by atoms with E-state index in [0.717, 1.165) is 12.8 Å². The molecule has 1 aromatic rings. The van der Waals surface area contributed by atoms with Crippen LogP contribution in [-0.2, 0) is 9.84 Å². The molecule has 0 amide bonds. The normalized spacial score (nSPS) is 24.1. The van der Waals surface area contributed by atoms with Crippen LogP contribution in [0, 0.1) is 6.92 Å².